The highest BCUT2D eigenvalue weighted by molar-refractivity contribution is 6.49. The highest BCUT2D eigenvalue weighted by atomic mass is 28.2. The monoisotopic (exact) mass is 422 g/mol. The van der Waals surface area contributed by atoms with E-state index < -0.39 is 19.5 Å². The lowest BCUT2D eigenvalue weighted by Crippen LogP contribution is -2.31. The molecule has 0 aliphatic heterocycles. The van der Waals surface area contributed by atoms with E-state index in [2.05, 4.69) is 79.7 Å². The van der Waals surface area contributed by atoms with Gasteiger partial charge in [0.15, 0.2) is 19.5 Å². The molecule has 0 N–H and O–H groups in total. The number of benzene rings is 1. The lowest BCUT2D eigenvalue weighted by atomic mass is 9.98. The van der Waals surface area contributed by atoms with Gasteiger partial charge in [-0.15, -0.1) is 0 Å². The molecule has 1 aromatic carbocycles. The molecule has 0 bridgehead atoms. The van der Waals surface area contributed by atoms with Crippen LogP contribution in [-0.2, 0) is 8.85 Å². The van der Waals surface area contributed by atoms with Crippen molar-refractivity contribution in [1.29, 1.82) is 0 Å². The van der Waals surface area contributed by atoms with Crippen LogP contribution in [0, 0.1) is 23.7 Å². The van der Waals surface area contributed by atoms with E-state index >= 15 is 0 Å². The van der Waals surface area contributed by atoms with E-state index in [9.17, 15) is 0 Å². The molecule has 1 aromatic rings. The first-order valence-corrected chi connectivity index (χ1v) is 14.1. The smallest absolute Gasteiger partial charge is 0.192 e. The summed E-state index contributed by atoms with van der Waals surface area (Å²) < 4.78 is 12.8. The van der Waals surface area contributed by atoms with E-state index in [1.165, 1.54) is 36.1 Å². The van der Waals surface area contributed by atoms with Crippen LogP contribution >= 0.6 is 0 Å². The van der Waals surface area contributed by atoms with E-state index in [0.717, 1.165) is 11.8 Å². The molecular formula is C24H46O2Si2. The summed E-state index contributed by atoms with van der Waals surface area (Å²) in [5.74, 6) is 2.71. The number of hydrogen-bond donors (Lipinski definition) is 0. The molecule has 0 spiro atoms. The molecule has 4 heteroatoms. The summed E-state index contributed by atoms with van der Waals surface area (Å²) in [4.78, 5) is 0. The van der Waals surface area contributed by atoms with Crippen LogP contribution in [0.1, 0.15) is 81.1 Å². The van der Waals surface area contributed by atoms with Crippen LogP contribution in [0.5, 0.6) is 0 Å². The van der Waals surface area contributed by atoms with Gasteiger partial charge in [0.2, 0.25) is 0 Å². The molecule has 0 aliphatic carbocycles. The minimum atomic E-state index is -0.648. The largest absolute Gasteiger partial charge is 0.415 e. The molecule has 28 heavy (non-hydrogen) atoms. The van der Waals surface area contributed by atoms with Crippen molar-refractivity contribution in [1.82, 2.24) is 0 Å². The van der Waals surface area contributed by atoms with Gasteiger partial charge in [-0.25, -0.2) is 0 Å². The first kappa shape index (κ1) is 25.6. The Bertz CT molecular complexity index is 465. The van der Waals surface area contributed by atoms with Crippen molar-refractivity contribution < 1.29 is 8.85 Å². The Morgan fingerprint density at radius 1 is 0.571 bits per heavy atom. The van der Waals surface area contributed by atoms with Crippen LogP contribution < -0.4 is 10.4 Å². The van der Waals surface area contributed by atoms with E-state index in [1.807, 2.05) is 0 Å². The van der Waals surface area contributed by atoms with E-state index in [4.69, 9.17) is 8.85 Å². The zero-order chi connectivity index (χ0) is 21.1. The maximum absolute atomic E-state index is 6.38. The highest BCUT2D eigenvalue weighted by Gasteiger charge is 2.16. The maximum Gasteiger partial charge on any atom is 0.192 e. The first-order valence-electron chi connectivity index (χ1n) is 11.5. The molecule has 1 rings (SSSR count). The summed E-state index contributed by atoms with van der Waals surface area (Å²) in [5.41, 5.74) is 0. The van der Waals surface area contributed by atoms with Crippen LogP contribution in [0.15, 0.2) is 24.3 Å². The van der Waals surface area contributed by atoms with Gasteiger partial charge in [-0.3, -0.25) is 0 Å². The van der Waals surface area contributed by atoms with Crippen LogP contribution in [0.3, 0.4) is 0 Å². The number of hydrogen-bond acceptors (Lipinski definition) is 2. The Morgan fingerprint density at radius 2 is 0.893 bits per heavy atom. The topological polar surface area (TPSA) is 18.5 Å². The zero-order valence-corrected chi connectivity index (χ0v) is 22.7. The van der Waals surface area contributed by atoms with Gasteiger partial charge >= 0.3 is 0 Å². The third kappa shape index (κ3) is 10.9. The maximum atomic E-state index is 6.38. The summed E-state index contributed by atoms with van der Waals surface area (Å²) in [6, 6.07) is 9.15. The minimum Gasteiger partial charge on any atom is -0.415 e. The predicted octanol–water partition coefficient (Wildman–Crippen LogP) is 4.06. The fourth-order valence-electron chi connectivity index (χ4n) is 3.35. The normalized spacial score (nSPS) is 15.3. The predicted molar refractivity (Wildman–Crippen MR) is 130 cm³/mol. The Hall–Kier alpha value is -0.426. The second-order valence-electron chi connectivity index (χ2n) is 9.95. The Balaban J connectivity index is 2.49. The molecular weight excluding hydrogens is 376 g/mol. The van der Waals surface area contributed by atoms with Crippen molar-refractivity contribution >= 4 is 29.9 Å². The fraction of sp³-hybridized carbons (Fsp3) is 0.750. The lowest BCUT2D eigenvalue weighted by Gasteiger charge is -2.23. The molecule has 2 nitrogen and oxygen atoms in total. The molecule has 162 valence electrons. The van der Waals surface area contributed by atoms with Gasteiger partial charge in [0.25, 0.3) is 0 Å². The van der Waals surface area contributed by atoms with Gasteiger partial charge in [-0.05, 0) is 59.7 Å². The average Bonchev–Trinajstić information content (AvgIpc) is 2.61. The molecule has 0 radical (unpaired) electrons. The van der Waals surface area contributed by atoms with E-state index in [1.54, 1.807) is 0 Å². The van der Waals surface area contributed by atoms with E-state index in [0.29, 0.717) is 24.0 Å². The molecule has 0 amide bonds. The summed E-state index contributed by atoms with van der Waals surface area (Å²) in [6.45, 7) is 18.3. The van der Waals surface area contributed by atoms with Gasteiger partial charge in [0.1, 0.15) is 0 Å². The molecule has 0 aliphatic rings. The van der Waals surface area contributed by atoms with Crippen molar-refractivity contribution in [2.75, 3.05) is 0 Å². The summed E-state index contributed by atoms with van der Waals surface area (Å²) in [6.07, 6.45) is 5.72. The average molecular weight is 423 g/mol. The third-order valence-corrected chi connectivity index (χ3v) is 8.29. The minimum absolute atomic E-state index is 0.416. The van der Waals surface area contributed by atoms with Crippen LogP contribution in [0.4, 0.5) is 0 Å². The Morgan fingerprint density at radius 3 is 1.14 bits per heavy atom. The second kappa shape index (κ2) is 13.7. The molecule has 0 fully saturated rings. The van der Waals surface area contributed by atoms with Gasteiger partial charge in [-0.1, -0.05) is 79.7 Å². The lowest BCUT2D eigenvalue weighted by molar-refractivity contribution is 0.144. The molecule has 2 atom stereocenters. The van der Waals surface area contributed by atoms with Gasteiger partial charge in [0.05, 0.1) is 0 Å². The SMILES string of the molecule is CC(C)CCC(O[SiH2]c1ccc([SiH2]OC(CCC(C)C)C(C)C)cc1)C(C)C. The van der Waals surface area contributed by atoms with Gasteiger partial charge in [0, 0.05) is 12.2 Å². The van der Waals surface area contributed by atoms with Crippen molar-refractivity contribution in [2.45, 2.75) is 93.3 Å². The zero-order valence-electron chi connectivity index (χ0n) is 19.8. The van der Waals surface area contributed by atoms with Gasteiger partial charge < -0.3 is 8.85 Å². The van der Waals surface area contributed by atoms with Crippen molar-refractivity contribution in [2.24, 2.45) is 23.7 Å². The van der Waals surface area contributed by atoms with Crippen molar-refractivity contribution in [3.05, 3.63) is 24.3 Å². The molecule has 2 unspecified atom stereocenters. The summed E-state index contributed by atoms with van der Waals surface area (Å²) in [7, 11) is -1.30. The quantitative estimate of drug-likeness (QED) is 0.421. The van der Waals surface area contributed by atoms with Crippen molar-refractivity contribution in [3.8, 4) is 0 Å². The van der Waals surface area contributed by atoms with Gasteiger partial charge in [-0.2, -0.15) is 0 Å². The molecule has 0 aromatic heterocycles. The summed E-state index contributed by atoms with van der Waals surface area (Å²) in [5, 5.41) is 2.82. The Kier molecular flexibility index (Phi) is 12.6. The third-order valence-electron chi connectivity index (χ3n) is 5.50. The highest BCUT2D eigenvalue weighted by Crippen LogP contribution is 2.17. The number of rotatable bonds is 14. The fourth-order valence-corrected chi connectivity index (χ4v) is 6.12. The van der Waals surface area contributed by atoms with E-state index in [-0.39, 0.29) is 0 Å². The van der Waals surface area contributed by atoms with Crippen LogP contribution in [-0.4, -0.2) is 31.7 Å². The Labute approximate surface area is 180 Å². The molecule has 0 saturated heterocycles. The standard InChI is InChI=1S/C24H46O2Si2/c1-17(2)9-15-23(19(5)6)25-27-21-11-13-22(14-12-21)28-26-24(20(7)8)16-10-18(3)4/h11-14,17-20,23-24H,9-10,15-16,27-28H2,1-8H3. The van der Waals surface area contributed by atoms with Crippen LogP contribution in [0.2, 0.25) is 0 Å². The molecule has 0 heterocycles. The molecule has 0 saturated carbocycles. The summed E-state index contributed by atoms with van der Waals surface area (Å²) >= 11 is 0. The first-order chi connectivity index (χ1) is 13.2. The van der Waals surface area contributed by atoms with Crippen molar-refractivity contribution in [3.63, 3.8) is 0 Å². The van der Waals surface area contributed by atoms with Crippen LogP contribution in [0.25, 0.3) is 0 Å². The second-order valence-corrected chi connectivity index (χ2v) is 12.8.